The molecule has 0 radical (unpaired) electrons. The topological polar surface area (TPSA) is 59.2 Å². The Morgan fingerprint density at radius 2 is 1.70 bits per heavy atom. The minimum Gasteiger partial charge on any atom is -0.441 e. The largest absolute Gasteiger partial charge is 0.441 e. The number of benzene rings is 3. The van der Waals surface area contributed by atoms with E-state index in [1.807, 2.05) is 80.6 Å². The van der Waals surface area contributed by atoms with Crippen molar-refractivity contribution in [1.29, 1.82) is 0 Å². The second kappa shape index (κ2) is 9.00. The van der Waals surface area contributed by atoms with Crippen molar-refractivity contribution in [3.05, 3.63) is 96.0 Å². The number of amides is 1. The van der Waals surface area contributed by atoms with Crippen molar-refractivity contribution in [1.82, 2.24) is 9.97 Å². The van der Waals surface area contributed by atoms with Gasteiger partial charge in [0.25, 0.3) is 0 Å². The van der Waals surface area contributed by atoms with Gasteiger partial charge in [0.05, 0.1) is 22.1 Å². The normalized spacial score (nSPS) is 11.1. The summed E-state index contributed by atoms with van der Waals surface area (Å²) < 4.78 is 6.95. The van der Waals surface area contributed by atoms with Crippen molar-refractivity contribution < 1.29 is 9.21 Å². The third-order valence-corrected chi connectivity index (χ3v) is 6.37. The van der Waals surface area contributed by atoms with Crippen molar-refractivity contribution in [2.24, 2.45) is 0 Å². The zero-order valence-electron chi connectivity index (χ0n) is 18.5. The Morgan fingerprint density at radius 3 is 2.45 bits per heavy atom. The first-order chi connectivity index (χ1) is 16.1. The molecule has 0 fully saturated rings. The molecule has 164 valence electrons. The van der Waals surface area contributed by atoms with Crippen molar-refractivity contribution in [2.45, 2.75) is 26.7 Å². The Morgan fingerprint density at radius 1 is 0.970 bits per heavy atom. The standard InChI is InChI=1S/C27H23N3O2S/c1-18-14-19(2)16-21(15-18)30(27-29-22-10-6-7-11-24(22)33-27)26(31)13-12-25-28-17-23(32-25)20-8-4-3-5-9-20/h3-11,14-17H,12-13H2,1-2H3. The molecule has 2 heterocycles. The molecule has 2 aromatic heterocycles. The minimum absolute atomic E-state index is 0.0430. The van der Waals surface area contributed by atoms with E-state index < -0.39 is 0 Å². The molecule has 0 aliphatic carbocycles. The van der Waals surface area contributed by atoms with Crippen LogP contribution in [0.25, 0.3) is 21.5 Å². The average Bonchev–Trinajstić information content (AvgIpc) is 3.45. The number of oxazole rings is 1. The highest BCUT2D eigenvalue weighted by atomic mass is 32.1. The van der Waals surface area contributed by atoms with Crippen molar-refractivity contribution >= 4 is 38.3 Å². The number of rotatable bonds is 6. The van der Waals surface area contributed by atoms with Gasteiger partial charge in [0.1, 0.15) is 0 Å². The molecule has 5 rings (SSSR count). The van der Waals surface area contributed by atoms with E-state index in [0.717, 1.165) is 32.6 Å². The lowest BCUT2D eigenvalue weighted by molar-refractivity contribution is -0.117. The Hall–Kier alpha value is -3.77. The first-order valence-electron chi connectivity index (χ1n) is 10.8. The maximum Gasteiger partial charge on any atom is 0.233 e. The number of aryl methyl sites for hydroxylation is 3. The molecule has 0 atom stereocenters. The van der Waals surface area contributed by atoms with Crippen LogP contribution in [0.4, 0.5) is 10.8 Å². The molecule has 0 N–H and O–H groups in total. The number of carbonyl (C=O) groups excluding carboxylic acids is 1. The number of nitrogens with zero attached hydrogens (tertiary/aromatic N) is 3. The minimum atomic E-state index is -0.0430. The molecule has 33 heavy (non-hydrogen) atoms. The lowest BCUT2D eigenvalue weighted by Crippen LogP contribution is -2.26. The number of hydrogen-bond acceptors (Lipinski definition) is 5. The van der Waals surface area contributed by atoms with Crippen molar-refractivity contribution in [3.8, 4) is 11.3 Å². The summed E-state index contributed by atoms with van der Waals surface area (Å²) in [7, 11) is 0. The first kappa shape index (κ1) is 21.1. The predicted molar refractivity (Wildman–Crippen MR) is 133 cm³/mol. The molecule has 6 heteroatoms. The molecule has 1 amide bonds. The number of hydrogen-bond donors (Lipinski definition) is 0. The first-order valence-corrected chi connectivity index (χ1v) is 11.7. The summed E-state index contributed by atoms with van der Waals surface area (Å²) in [5, 5.41) is 0.670. The predicted octanol–water partition coefficient (Wildman–Crippen LogP) is 6.87. The van der Waals surface area contributed by atoms with E-state index in [9.17, 15) is 4.79 Å². The van der Waals surface area contributed by atoms with Gasteiger partial charge in [-0.15, -0.1) is 0 Å². The van der Waals surface area contributed by atoms with Gasteiger partial charge >= 0.3 is 0 Å². The molecule has 0 saturated heterocycles. The van der Waals surface area contributed by atoms with Crippen LogP contribution in [-0.4, -0.2) is 15.9 Å². The third-order valence-electron chi connectivity index (χ3n) is 5.35. The van der Waals surface area contributed by atoms with E-state index in [1.54, 1.807) is 11.1 Å². The molecular weight excluding hydrogens is 430 g/mol. The number of fused-ring (bicyclic) bond motifs is 1. The van der Waals surface area contributed by atoms with E-state index in [-0.39, 0.29) is 12.3 Å². The lowest BCUT2D eigenvalue weighted by atomic mass is 10.1. The zero-order valence-corrected chi connectivity index (χ0v) is 19.3. The fourth-order valence-electron chi connectivity index (χ4n) is 3.88. The van der Waals surface area contributed by atoms with E-state index in [4.69, 9.17) is 9.40 Å². The third kappa shape index (κ3) is 4.56. The molecule has 3 aromatic carbocycles. The van der Waals surface area contributed by atoms with Crippen LogP contribution in [0.15, 0.2) is 83.4 Å². The van der Waals surface area contributed by atoms with Gasteiger partial charge in [-0.1, -0.05) is 59.9 Å². The van der Waals surface area contributed by atoms with Crippen LogP contribution >= 0.6 is 11.3 Å². The van der Waals surface area contributed by atoms with Crippen LogP contribution < -0.4 is 4.90 Å². The maximum atomic E-state index is 13.5. The number of anilines is 2. The number of thiazole rings is 1. The molecule has 5 aromatic rings. The maximum absolute atomic E-state index is 13.5. The number of para-hydroxylation sites is 1. The molecule has 5 nitrogen and oxygen atoms in total. The Kier molecular flexibility index (Phi) is 5.75. The summed E-state index contributed by atoms with van der Waals surface area (Å²) in [4.78, 5) is 24.4. The molecule has 0 spiro atoms. The van der Waals surface area contributed by atoms with Gasteiger partial charge < -0.3 is 4.42 Å². The molecule has 0 unspecified atom stereocenters. The van der Waals surface area contributed by atoms with E-state index >= 15 is 0 Å². The van der Waals surface area contributed by atoms with Crippen LogP contribution in [0.1, 0.15) is 23.4 Å². The summed E-state index contributed by atoms with van der Waals surface area (Å²) in [5.41, 5.74) is 4.89. The van der Waals surface area contributed by atoms with Gasteiger partial charge in [0.15, 0.2) is 16.8 Å². The van der Waals surface area contributed by atoms with Crippen LogP contribution in [0, 0.1) is 13.8 Å². The van der Waals surface area contributed by atoms with Crippen LogP contribution in [0.2, 0.25) is 0 Å². The Balaban J connectivity index is 1.42. The smallest absolute Gasteiger partial charge is 0.233 e. The van der Waals surface area contributed by atoms with Gasteiger partial charge in [-0.05, 0) is 49.2 Å². The summed E-state index contributed by atoms with van der Waals surface area (Å²) in [6, 6.07) is 23.9. The quantitative estimate of drug-likeness (QED) is 0.282. The molecule has 0 saturated carbocycles. The average molecular weight is 454 g/mol. The highest BCUT2D eigenvalue weighted by molar-refractivity contribution is 7.22. The van der Waals surface area contributed by atoms with Gasteiger partial charge in [0.2, 0.25) is 5.91 Å². The van der Waals surface area contributed by atoms with Gasteiger partial charge in [-0.2, -0.15) is 0 Å². The van der Waals surface area contributed by atoms with E-state index in [2.05, 4.69) is 11.1 Å². The highest BCUT2D eigenvalue weighted by Crippen LogP contribution is 2.35. The fraction of sp³-hybridized carbons (Fsp3) is 0.148. The van der Waals surface area contributed by atoms with Crippen molar-refractivity contribution in [2.75, 3.05) is 4.90 Å². The van der Waals surface area contributed by atoms with E-state index in [1.165, 1.54) is 11.3 Å². The number of carbonyl (C=O) groups is 1. The molecule has 0 aliphatic rings. The molecule has 0 bridgehead atoms. The summed E-state index contributed by atoms with van der Waals surface area (Å²) in [6.45, 7) is 4.07. The van der Waals surface area contributed by atoms with Gasteiger partial charge in [-0.3, -0.25) is 9.69 Å². The van der Waals surface area contributed by atoms with Crippen LogP contribution in [0.3, 0.4) is 0 Å². The molecular formula is C27H23N3O2S. The van der Waals surface area contributed by atoms with Gasteiger partial charge in [-0.25, -0.2) is 9.97 Å². The second-order valence-corrected chi connectivity index (χ2v) is 9.03. The monoisotopic (exact) mass is 453 g/mol. The fourth-order valence-corrected chi connectivity index (χ4v) is 4.89. The summed E-state index contributed by atoms with van der Waals surface area (Å²) in [5.74, 6) is 1.21. The van der Waals surface area contributed by atoms with E-state index in [0.29, 0.717) is 23.2 Å². The Bertz CT molecular complexity index is 1370. The molecule has 0 aliphatic heterocycles. The lowest BCUT2D eigenvalue weighted by Gasteiger charge is -2.21. The SMILES string of the molecule is Cc1cc(C)cc(N(C(=O)CCc2ncc(-c3ccccc3)o2)c2nc3ccccc3s2)c1. The van der Waals surface area contributed by atoms with Crippen LogP contribution in [-0.2, 0) is 11.2 Å². The number of aromatic nitrogens is 2. The summed E-state index contributed by atoms with van der Waals surface area (Å²) >= 11 is 1.52. The highest BCUT2D eigenvalue weighted by Gasteiger charge is 2.23. The van der Waals surface area contributed by atoms with Gasteiger partial charge in [0, 0.05) is 18.4 Å². The second-order valence-electron chi connectivity index (χ2n) is 8.02. The zero-order chi connectivity index (χ0) is 22.8. The van der Waals surface area contributed by atoms with Crippen molar-refractivity contribution in [3.63, 3.8) is 0 Å². The Labute approximate surface area is 196 Å². The summed E-state index contributed by atoms with van der Waals surface area (Å²) in [6.07, 6.45) is 2.39. The van der Waals surface area contributed by atoms with Crippen LogP contribution in [0.5, 0.6) is 0 Å².